The first kappa shape index (κ1) is 19.5. The van der Waals surface area contributed by atoms with E-state index in [4.69, 9.17) is 15.2 Å². The Morgan fingerprint density at radius 1 is 1.21 bits per heavy atom. The Hall–Kier alpha value is -3.29. The van der Waals surface area contributed by atoms with Crippen molar-refractivity contribution in [3.63, 3.8) is 0 Å². The predicted molar refractivity (Wildman–Crippen MR) is 103 cm³/mol. The van der Waals surface area contributed by atoms with Crippen molar-refractivity contribution in [2.75, 3.05) is 14.2 Å². The number of benzene rings is 1. The van der Waals surface area contributed by atoms with Gasteiger partial charge in [0.25, 0.3) is 11.5 Å². The maximum Gasteiger partial charge on any atom is 0.261 e. The third-order valence-electron chi connectivity index (χ3n) is 4.87. The fourth-order valence-electron chi connectivity index (χ4n) is 3.50. The molecule has 1 aliphatic carbocycles. The number of primary amides is 1. The van der Waals surface area contributed by atoms with Crippen LogP contribution in [0.2, 0.25) is 0 Å². The van der Waals surface area contributed by atoms with E-state index in [0.29, 0.717) is 17.9 Å². The number of fused-ring (bicyclic) bond motifs is 1. The van der Waals surface area contributed by atoms with Crippen LogP contribution in [-0.4, -0.2) is 31.0 Å². The van der Waals surface area contributed by atoms with Crippen molar-refractivity contribution >= 4 is 11.8 Å². The van der Waals surface area contributed by atoms with Crippen LogP contribution in [0.5, 0.6) is 11.5 Å². The second-order valence-corrected chi connectivity index (χ2v) is 6.69. The molecule has 0 saturated heterocycles. The van der Waals surface area contributed by atoms with Crippen molar-refractivity contribution in [3.05, 3.63) is 57.0 Å². The zero-order chi connectivity index (χ0) is 20.3. The minimum Gasteiger partial charge on any atom is -0.493 e. The molecule has 2 aromatic rings. The van der Waals surface area contributed by atoms with E-state index in [9.17, 15) is 14.4 Å². The smallest absolute Gasteiger partial charge is 0.261 e. The zero-order valence-electron chi connectivity index (χ0n) is 15.8. The fraction of sp³-hybridized carbons (Fsp3) is 0.350. The Bertz CT molecular complexity index is 967. The number of nitrogens with two attached hydrogens (primary N) is 1. The van der Waals surface area contributed by atoms with Gasteiger partial charge < -0.3 is 25.5 Å². The molecule has 4 N–H and O–H groups in total. The number of amides is 2. The number of aromatic amines is 1. The van der Waals surface area contributed by atoms with Gasteiger partial charge in [0.1, 0.15) is 5.56 Å². The molecule has 1 unspecified atom stereocenters. The Kier molecular flexibility index (Phi) is 5.67. The molecule has 1 aromatic heterocycles. The van der Waals surface area contributed by atoms with Gasteiger partial charge in [0.2, 0.25) is 5.91 Å². The fourth-order valence-corrected chi connectivity index (χ4v) is 3.50. The number of nitrogens with one attached hydrogen (secondary N) is 2. The summed E-state index contributed by atoms with van der Waals surface area (Å²) in [5.41, 5.74) is 6.94. The molecule has 1 aromatic carbocycles. The average Bonchev–Trinajstić information content (AvgIpc) is 2.67. The van der Waals surface area contributed by atoms with Crippen LogP contribution in [0, 0.1) is 0 Å². The molecular formula is C20H23N3O5. The number of hydrogen-bond acceptors (Lipinski definition) is 5. The van der Waals surface area contributed by atoms with Crippen LogP contribution in [0.15, 0.2) is 29.1 Å². The largest absolute Gasteiger partial charge is 0.493 e. The summed E-state index contributed by atoms with van der Waals surface area (Å²) >= 11 is 0. The van der Waals surface area contributed by atoms with Gasteiger partial charge in [0, 0.05) is 5.69 Å². The normalized spacial score (nSPS) is 15.4. The van der Waals surface area contributed by atoms with E-state index in [-0.39, 0.29) is 23.9 Å². The Morgan fingerprint density at radius 3 is 2.64 bits per heavy atom. The van der Waals surface area contributed by atoms with Gasteiger partial charge in [-0.05, 0) is 48.6 Å². The van der Waals surface area contributed by atoms with Crippen molar-refractivity contribution < 1.29 is 19.1 Å². The van der Waals surface area contributed by atoms with Gasteiger partial charge in [0.05, 0.1) is 26.7 Å². The Morgan fingerprint density at radius 2 is 1.96 bits per heavy atom. The highest BCUT2D eigenvalue weighted by molar-refractivity contribution is 5.92. The van der Waals surface area contributed by atoms with Gasteiger partial charge in [-0.25, -0.2) is 0 Å². The number of methoxy groups -OCH3 is 2. The van der Waals surface area contributed by atoms with Gasteiger partial charge in [-0.3, -0.25) is 14.4 Å². The number of H-pyrrole nitrogens is 1. The molecule has 1 aliphatic rings. The van der Waals surface area contributed by atoms with Gasteiger partial charge in [-0.15, -0.1) is 0 Å². The van der Waals surface area contributed by atoms with Crippen molar-refractivity contribution in [1.29, 1.82) is 0 Å². The summed E-state index contributed by atoms with van der Waals surface area (Å²) in [7, 11) is 3.09. The Labute approximate surface area is 162 Å². The molecule has 1 heterocycles. The summed E-state index contributed by atoms with van der Waals surface area (Å²) in [5.74, 6) is 0.192. The summed E-state index contributed by atoms with van der Waals surface area (Å²) in [6.45, 7) is 0. The van der Waals surface area contributed by atoms with Crippen molar-refractivity contribution in [1.82, 2.24) is 10.3 Å². The van der Waals surface area contributed by atoms with Gasteiger partial charge in [0.15, 0.2) is 11.5 Å². The summed E-state index contributed by atoms with van der Waals surface area (Å²) in [6.07, 6.45) is 2.39. The van der Waals surface area contributed by atoms with Gasteiger partial charge in [-0.2, -0.15) is 0 Å². The van der Waals surface area contributed by atoms with E-state index in [1.165, 1.54) is 13.2 Å². The van der Waals surface area contributed by atoms with Crippen molar-refractivity contribution in [3.8, 4) is 11.5 Å². The second-order valence-electron chi connectivity index (χ2n) is 6.69. The number of hydrogen-bond donors (Lipinski definition) is 3. The predicted octanol–water partition coefficient (Wildman–Crippen LogP) is 1.23. The molecule has 3 rings (SSSR count). The summed E-state index contributed by atoms with van der Waals surface area (Å²) in [5, 5.41) is 2.99. The standard InChI is InChI=1S/C20H23N3O5/c1-27-16-7-6-11(8-17(16)28-2)9-18(24)22-14-4-3-5-15-12(14)10-13(19(21)25)20(26)23-15/h6-8,10,14H,3-5,9H2,1-2H3,(H2,21,25)(H,22,24)(H,23,26). The number of carbonyl (C=O) groups excluding carboxylic acids is 2. The van der Waals surface area contributed by atoms with Crippen molar-refractivity contribution in [2.24, 2.45) is 5.73 Å². The van der Waals surface area contributed by atoms with Crippen LogP contribution < -0.4 is 26.1 Å². The quantitative estimate of drug-likeness (QED) is 0.690. The molecule has 0 saturated carbocycles. The van der Waals surface area contributed by atoms with E-state index < -0.39 is 11.5 Å². The van der Waals surface area contributed by atoms with Crippen LogP contribution in [0.25, 0.3) is 0 Å². The molecular weight excluding hydrogens is 362 g/mol. The number of aromatic nitrogens is 1. The lowest BCUT2D eigenvalue weighted by molar-refractivity contribution is -0.121. The molecule has 1 atom stereocenters. The summed E-state index contributed by atoms with van der Waals surface area (Å²) in [4.78, 5) is 38.7. The van der Waals surface area contributed by atoms with E-state index in [1.807, 2.05) is 0 Å². The molecule has 148 valence electrons. The highest BCUT2D eigenvalue weighted by Crippen LogP contribution is 2.29. The molecule has 0 fully saturated rings. The van der Waals surface area contributed by atoms with Gasteiger partial charge in [-0.1, -0.05) is 6.07 Å². The maximum atomic E-state index is 12.6. The number of carbonyl (C=O) groups is 2. The SMILES string of the molecule is COc1ccc(CC(=O)NC2CCCc3[nH]c(=O)c(C(N)=O)cc32)cc1OC. The number of aryl methyl sites for hydroxylation is 1. The van der Waals surface area contributed by atoms with Crippen molar-refractivity contribution in [2.45, 2.75) is 31.7 Å². The molecule has 8 nitrogen and oxygen atoms in total. The number of ether oxygens (including phenoxy) is 2. The molecule has 2 amide bonds. The lowest BCUT2D eigenvalue weighted by Gasteiger charge is -2.26. The highest BCUT2D eigenvalue weighted by Gasteiger charge is 2.25. The van der Waals surface area contributed by atoms with Gasteiger partial charge >= 0.3 is 0 Å². The third-order valence-corrected chi connectivity index (χ3v) is 4.87. The summed E-state index contributed by atoms with van der Waals surface area (Å²) < 4.78 is 10.5. The molecule has 0 radical (unpaired) electrons. The molecule has 0 bridgehead atoms. The number of rotatable bonds is 6. The van der Waals surface area contributed by atoms with E-state index in [2.05, 4.69) is 10.3 Å². The van der Waals surface area contributed by atoms with E-state index in [0.717, 1.165) is 29.7 Å². The first-order valence-electron chi connectivity index (χ1n) is 8.99. The van der Waals surface area contributed by atoms with Crippen LogP contribution in [0.3, 0.4) is 0 Å². The lowest BCUT2D eigenvalue weighted by Crippen LogP contribution is -2.34. The van der Waals surface area contributed by atoms with Crippen LogP contribution in [0.4, 0.5) is 0 Å². The van der Waals surface area contributed by atoms with Crippen LogP contribution >= 0.6 is 0 Å². The third kappa shape index (κ3) is 4.00. The maximum absolute atomic E-state index is 12.6. The second kappa shape index (κ2) is 8.16. The minimum absolute atomic E-state index is 0.0974. The molecule has 8 heteroatoms. The lowest BCUT2D eigenvalue weighted by atomic mass is 9.90. The van der Waals surface area contributed by atoms with Crippen LogP contribution in [0.1, 0.15) is 46.1 Å². The molecule has 0 spiro atoms. The zero-order valence-corrected chi connectivity index (χ0v) is 15.8. The van der Waals surface area contributed by atoms with Crippen LogP contribution in [-0.2, 0) is 17.6 Å². The molecule has 0 aliphatic heterocycles. The minimum atomic E-state index is -0.787. The van der Waals surface area contributed by atoms with E-state index in [1.54, 1.807) is 25.3 Å². The first-order chi connectivity index (χ1) is 13.4. The monoisotopic (exact) mass is 385 g/mol. The Balaban J connectivity index is 1.78. The summed E-state index contributed by atoms with van der Waals surface area (Å²) in [6, 6.07) is 6.53. The highest BCUT2D eigenvalue weighted by atomic mass is 16.5. The molecule has 28 heavy (non-hydrogen) atoms. The average molecular weight is 385 g/mol. The number of pyridine rings is 1. The first-order valence-corrected chi connectivity index (χ1v) is 8.99. The van der Waals surface area contributed by atoms with E-state index >= 15 is 0 Å². The topological polar surface area (TPSA) is 124 Å².